The van der Waals surface area contributed by atoms with Gasteiger partial charge in [-0.3, -0.25) is 9.59 Å². The van der Waals surface area contributed by atoms with E-state index in [0.29, 0.717) is 5.75 Å². The SMILES string of the molecule is CCOC(=O)C(C)(C)C(=O)COc1ccccc1I. The van der Waals surface area contributed by atoms with Crippen LogP contribution >= 0.6 is 22.6 Å². The molecule has 0 saturated carbocycles. The maximum Gasteiger partial charge on any atom is 0.319 e. The van der Waals surface area contributed by atoms with Gasteiger partial charge in [0.25, 0.3) is 0 Å². The zero-order chi connectivity index (χ0) is 14.5. The minimum absolute atomic E-state index is 0.147. The van der Waals surface area contributed by atoms with E-state index in [1.54, 1.807) is 26.8 Å². The Balaban J connectivity index is 2.65. The van der Waals surface area contributed by atoms with E-state index in [-0.39, 0.29) is 19.0 Å². The molecule has 4 nitrogen and oxygen atoms in total. The molecule has 0 bridgehead atoms. The molecule has 0 heterocycles. The quantitative estimate of drug-likeness (QED) is 0.435. The Labute approximate surface area is 126 Å². The molecular weight excluding hydrogens is 359 g/mol. The van der Waals surface area contributed by atoms with Crippen LogP contribution in [0.1, 0.15) is 20.8 Å². The number of hydrogen-bond acceptors (Lipinski definition) is 4. The van der Waals surface area contributed by atoms with Gasteiger partial charge in [0.15, 0.2) is 5.78 Å². The number of para-hydroxylation sites is 1. The highest BCUT2D eigenvalue weighted by Gasteiger charge is 2.37. The van der Waals surface area contributed by atoms with Gasteiger partial charge >= 0.3 is 5.97 Å². The zero-order valence-electron chi connectivity index (χ0n) is 11.2. The van der Waals surface area contributed by atoms with Crippen LogP contribution in [0.25, 0.3) is 0 Å². The number of carbonyl (C=O) groups is 2. The van der Waals surface area contributed by atoms with Crippen molar-refractivity contribution in [2.45, 2.75) is 20.8 Å². The lowest BCUT2D eigenvalue weighted by molar-refractivity contribution is -0.158. The second-order valence-electron chi connectivity index (χ2n) is 4.49. The maximum atomic E-state index is 12.0. The van der Waals surface area contributed by atoms with Gasteiger partial charge in [-0.15, -0.1) is 0 Å². The minimum Gasteiger partial charge on any atom is -0.485 e. The number of carbonyl (C=O) groups excluding carboxylic acids is 2. The molecule has 0 N–H and O–H groups in total. The molecule has 0 aliphatic heterocycles. The van der Waals surface area contributed by atoms with Crippen LogP contribution in [0.3, 0.4) is 0 Å². The average Bonchev–Trinajstić information content (AvgIpc) is 2.37. The van der Waals surface area contributed by atoms with Crippen LogP contribution in [0.15, 0.2) is 24.3 Å². The molecule has 19 heavy (non-hydrogen) atoms. The zero-order valence-corrected chi connectivity index (χ0v) is 13.4. The highest BCUT2D eigenvalue weighted by atomic mass is 127. The van der Waals surface area contributed by atoms with Crippen molar-refractivity contribution in [1.82, 2.24) is 0 Å². The van der Waals surface area contributed by atoms with Crippen molar-refractivity contribution >= 4 is 34.3 Å². The fraction of sp³-hybridized carbons (Fsp3) is 0.429. The van der Waals surface area contributed by atoms with Crippen molar-refractivity contribution in [2.24, 2.45) is 5.41 Å². The normalized spacial score (nSPS) is 10.9. The van der Waals surface area contributed by atoms with Crippen LogP contribution in [-0.2, 0) is 14.3 Å². The summed E-state index contributed by atoms with van der Waals surface area (Å²) in [5, 5.41) is 0. The van der Waals surface area contributed by atoms with Crippen molar-refractivity contribution in [3.8, 4) is 5.75 Å². The molecule has 1 aromatic rings. The maximum absolute atomic E-state index is 12.0. The van der Waals surface area contributed by atoms with Gasteiger partial charge < -0.3 is 9.47 Å². The standard InChI is InChI=1S/C14H17IO4/c1-4-18-13(17)14(2,3)12(16)9-19-11-8-6-5-7-10(11)15/h5-8H,4,9H2,1-3H3. The first-order chi connectivity index (χ1) is 8.89. The molecule has 5 heteroatoms. The van der Waals surface area contributed by atoms with E-state index < -0.39 is 11.4 Å². The van der Waals surface area contributed by atoms with Crippen LogP contribution in [0.5, 0.6) is 5.75 Å². The van der Waals surface area contributed by atoms with Gasteiger partial charge in [-0.1, -0.05) is 12.1 Å². The Morgan fingerprint density at radius 1 is 1.26 bits per heavy atom. The largest absolute Gasteiger partial charge is 0.485 e. The molecule has 1 aromatic carbocycles. The predicted molar refractivity (Wildman–Crippen MR) is 80.1 cm³/mol. The van der Waals surface area contributed by atoms with Gasteiger partial charge in [0.1, 0.15) is 17.8 Å². The summed E-state index contributed by atoms with van der Waals surface area (Å²) in [5.74, 6) is -0.187. The van der Waals surface area contributed by atoms with Crippen molar-refractivity contribution in [2.75, 3.05) is 13.2 Å². The van der Waals surface area contributed by atoms with Crippen molar-refractivity contribution < 1.29 is 19.1 Å². The summed E-state index contributed by atoms with van der Waals surface area (Å²) in [7, 11) is 0. The molecule has 1 rings (SSSR count). The summed E-state index contributed by atoms with van der Waals surface area (Å²) in [4.78, 5) is 23.7. The third kappa shape index (κ3) is 4.19. The highest BCUT2D eigenvalue weighted by Crippen LogP contribution is 2.22. The Hall–Kier alpha value is -1.11. The molecular formula is C14H17IO4. The Morgan fingerprint density at radius 2 is 1.89 bits per heavy atom. The number of ether oxygens (including phenoxy) is 2. The Bertz CT molecular complexity index is 468. The first-order valence-electron chi connectivity index (χ1n) is 5.97. The summed E-state index contributed by atoms with van der Waals surface area (Å²) < 4.78 is 11.3. The summed E-state index contributed by atoms with van der Waals surface area (Å²) in [6.07, 6.45) is 0. The van der Waals surface area contributed by atoms with E-state index in [9.17, 15) is 9.59 Å². The lowest BCUT2D eigenvalue weighted by atomic mass is 9.88. The first kappa shape index (κ1) is 15.9. The molecule has 0 aliphatic carbocycles. The number of ketones is 1. The molecule has 0 radical (unpaired) electrons. The van der Waals surface area contributed by atoms with Crippen LogP contribution in [0, 0.1) is 8.99 Å². The molecule has 0 aliphatic rings. The number of esters is 1. The summed E-state index contributed by atoms with van der Waals surface area (Å²) >= 11 is 2.13. The molecule has 0 atom stereocenters. The third-order valence-electron chi connectivity index (χ3n) is 2.68. The summed E-state index contributed by atoms with van der Waals surface area (Å²) in [6, 6.07) is 7.39. The van der Waals surface area contributed by atoms with Gasteiger partial charge in [0.05, 0.1) is 10.2 Å². The van der Waals surface area contributed by atoms with Crippen molar-refractivity contribution in [3.05, 3.63) is 27.8 Å². The lowest BCUT2D eigenvalue weighted by Gasteiger charge is -2.20. The van der Waals surface area contributed by atoms with E-state index >= 15 is 0 Å². The number of hydrogen-bond donors (Lipinski definition) is 0. The Morgan fingerprint density at radius 3 is 2.47 bits per heavy atom. The van der Waals surface area contributed by atoms with E-state index in [4.69, 9.17) is 9.47 Å². The minimum atomic E-state index is -1.18. The molecule has 0 saturated heterocycles. The second-order valence-corrected chi connectivity index (χ2v) is 5.65. The monoisotopic (exact) mass is 376 g/mol. The molecule has 0 amide bonds. The van der Waals surface area contributed by atoms with Crippen LogP contribution < -0.4 is 4.74 Å². The highest BCUT2D eigenvalue weighted by molar-refractivity contribution is 14.1. The fourth-order valence-electron chi connectivity index (χ4n) is 1.31. The fourth-order valence-corrected chi connectivity index (χ4v) is 1.85. The van der Waals surface area contributed by atoms with E-state index in [2.05, 4.69) is 22.6 Å². The molecule has 0 fully saturated rings. The van der Waals surface area contributed by atoms with Gasteiger partial charge in [-0.2, -0.15) is 0 Å². The van der Waals surface area contributed by atoms with E-state index in [1.807, 2.05) is 18.2 Å². The topological polar surface area (TPSA) is 52.6 Å². The van der Waals surface area contributed by atoms with Gasteiger partial charge in [-0.05, 0) is 55.5 Å². The van der Waals surface area contributed by atoms with Gasteiger partial charge in [-0.25, -0.2) is 0 Å². The number of halogens is 1. The second kappa shape index (κ2) is 6.88. The lowest BCUT2D eigenvalue weighted by Crippen LogP contribution is -2.38. The number of rotatable bonds is 6. The summed E-state index contributed by atoms with van der Waals surface area (Å²) in [6.45, 7) is 4.92. The third-order valence-corrected chi connectivity index (χ3v) is 3.57. The first-order valence-corrected chi connectivity index (χ1v) is 7.05. The van der Waals surface area contributed by atoms with Crippen LogP contribution in [-0.4, -0.2) is 25.0 Å². The Kier molecular flexibility index (Phi) is 5.78. The van der Waals surface area contributed by atoms with E-state index in [1.165, 1.54) is 0 Å². The average molecular weight is 376 g/mol. The number of Topliss-reactive ketones (excluding diaryl/α,β-unsaturated/α-hetero) is 1. The van der Waals surface area contributed by atoms with Gasteiger partial charge in [0, 0.05) is 0 Å². The van der Waals surface area contributed by atoms with Crippen LogP contribution in [0.2, 0.25) is 0 Å². The number of benzene rings is 1. The molecule has 0 aromatic heterocycles. The molecule has 0 unspecified atom stereocenters. The molecule has 0 spiro atoms. The molecule has 104 valence electrons. The van der Waals surface area contributed by atoms with E-state index in [0.717, 1.165) is 3.57 Å². The summed E-state index contributed by atoms with van der Waals surface area (Å²) in [5.41, 5.74) is -1.18. The van der Waals surface area contributed by atoms with Crippen LogP contribution in [0.4, 0.5) is 0 Å². The van der Waals surface area contributed by atoms with Gasteiger partial charge in [0.2, 0.25) is 0 Å². The van der Waals surface area contributed by atoms with Crippen molar-refractivity contribution in [1.29, 1.82) is 0 Å². The smallest absolute Gasteiger partial charge is 0.319 e. The van der Waals surface area contributed by atoms with Crippen molar-refractivity contribution in [3.63, 3.8) is 0 Å². The predicted octanol–water partition coefficient (Wildman–Crippen LogP) is 2.83.